The Hall–Kier alpha value is -1.44. The lowest BCUT2D eigenvalue weighted by Gasteiger charge is -2.03. The number of hydrogen-bond acceptors (Lipinski definition) is 4. The summed E-state index contributed by atoms with van der Waals surface area (Å²) in [5, 5.41) is 0. The van der Waals surface area contributed by atoms with Crippen molar-refractivity contribution in [2.75, 3.05) is 5.73 Å². The average molecular weight is 216 g/mol. The Morgan fingerprint density at radius 3 is 2.71 bits per heavy atom. The fourth-order valence-corrected chi connectivity index (χ4v) is 0.958. The Bertz CT molecular complexity index is 368. The SMILES string of the molecule is Nc1ccccc1C(=O)ONS(=O)O. The molecular weight excluding hydrogens is 208 g/mol. The van der Waals surface area contributed by atoms with E-state index >= 15 is 0 Å². The number of nitrogens with two attached hydrogens (primary N) is 1. The molecular formula is C7H8N2O4S. The van der Waals surface area contributed by atoms with E-state index in [2.05, 4.69) is 4.84 Å². The summed E-state index contributed by atoms with van der Waals surface area (Å²) in [5.41, 5.74) is 5.83. The summed E-state index contributed by atoms with van der Waals surface area (Å²) in [6.07, 6.45) is 0. The summed E-state index contributed by atoms with van der Waals surface area (Å²) in [6.45, 7) is 0. The van der Waals surface area contributed by atoms with Gasteiger partial charge in [-0.3, -0.25) is 4.55 Å². The van der Waals surface area contributed by atoms with Crippen molar-refractivity contribution in [1.29, 1.82) is 0 Å². The van der Waals surface area contributed by atoms with Crippen molar-refractivity contribution < 1.29 is 18.4 Å². The van der Waals surface area contributed by atoms with Crippen molar-refractivity contribution in [3.8, 4) is 0 Å². The van der Waals surface area contributed by atoms with Gasteiger partial charge in [0.05, 0.1) is 5.56 Å². The molecule has 0 radical (unpaired) electrons. The number of rotatable bonds is 3. The molecule has 0 bridgehead atoms. The van der Waals surface area contributed by atoms with Crippen molar-refractivity contribution in [3.05, 3.63) is 29.8 Å². The normalized spacial score (nSPS) is 12.1. The number of benzene rings is 1. The highest BCUT2D eigenvalue weighted by atomic mass is 32.2. The topological polar surface area (TPSA) is 102 Å². The van der Waals surface area contributed by atoms with Crippen LogP contribution in [0.4, 0.5) is 5.69 Å². The van der Waals surface area contributed by atoms with E-state index in [-0.39, 0.29) is 11.3 Å². The molecule has 1 aromatic rings. The smallest absolute Gasteiger partial charge is 0.359 e. The van der Waals surface area contributed by atoms with E-state index in [0.717, 1.165) is 0 Å². The van der Waals surface area contributed by atoms with Crippen molar-refractivity contribution in [3.63, 3.8) is 0 Å². The number of carbonyl (C=O) groups is 1. The van der Waals surface area contributed by atoms with Gasteiger partial charge in [-0.15, -0.1) is 0 Å². The summed E-state index contributed by atoms with van der Waals surface area (Å²) < 4.78 is 18.4. The molecule has 1 unspecified atom stereocenters. The van der Waals surface area contributed by atoms with Gasteiger partial charge in [0.25, 0.3) is 11.3 Å². The van der Waals surface area contributed by atoms with Crippen molar-refractivity contribution >= 4 is 22.9 Å². The maximum Gasteiger partial charge on any atom is 0.359 e. The Kier molecular flexibility index (Phi) is 3.57. The first kappa shape index (κ1) is 10.6. The zero-order valence-electron chi connectivity index (χ0n) is 6.97. The molecule has 0 aliphatic heterocycles. The molecule has 1 atom stereocenters. The molecule has 1 rings (SSSR count). The Morgan fingerprint density at radius 1 is 1.50 bits per heavy atom. The molecule has 6 nitrogen and oxygen atoms in total. The fourth-order valence-electron chi connectivity index (χ4n) is 0.811. The molecule has 14 heavy (non-hydrogen) atoms. The Balaban J connectivity index is 2.70. The minimum absolute atomic E-state index is 0.130. The number of nitrogen functional groups attached to an aromatic ring is 1. The lowest BCUT2D eigenvalue weighted by atomic mass is 10.2. The van der Waals surface area contributed by atoms with Crippen LogP contribution in [0.15, 0.2) is 24.3 Å². The van der Waals surface area contributed by atoms with E-state index in [1.54, 1.807) is 17.0 Å². The maximum absolute atomic E-state index is 11.2. The lowest BCUT2D eigenvalue weighted by molar-refractivity contribution is 0.0406. The summed E-state index contributed by atoms with van der Waals surface area (Å²) in [6, 6.07) is 6.22. The number of carbonyl (C=O) groups excluding carboxylic acids is 1. The van der Waals surface area contributed by atoms with E-state index in [4.69, 9.17) is 10.3 Å². The lowest BCUT2D eigenvalue weighted by Crippen LogP contribution is -2.22. The number of hydrogen-bond donors (Lipinski definition) is 3. The molecule has 7 heteroatoms. The molecule has 4 N–H and O–H groups in total. The van der Waals surface area contributed by atoms with Crippen molar-refractivity contribution in [1.82, 2.24) is 4.89 Å². The predicted octanol–water partition coefficient (Wildman–Crippen LogP) is 0.0669. The average Bonchev–Trinajstić information content (AvgIpc) is 2.15. The summed E-state index contributed by atoms with van der Waals surface area (Å²) in [5.74, 6) is -0.814. The quantitative estimate of drug-likeness (QED) is 0.377. The predicted molar refractivity (Wildman–Crippen MR) is 50.2 cm³/mol. The van der Waals surface area contributed by atoms with Crippen LogP contribution in [0.5, 0.6) is 0 Å². The first-order valence-corrected chi connectivity index (χ1v) is 4.64. The van der Waals surface area contributed by atoms with E-state index in [1.165, 1.54) is 12.1 Å². The van der Waals surface area contributed by atoms with Crippen LogP contribution in [0.3, 0.4) is 0 Å². The molecule has 76 valence electrons. The minimum atomic E-state index is -2.40. The van der Waals surface area contributed by atoms with E-state index in [9.17, 15) is 9.00 Å². The van der Waals surface area contributed by atoms with Gasteiger partial charge in [-0.05, 0) is 17.0 Å². The third kappa shape index (κ3) is 2.80. The third-order valence-electron chi connectivity index (χ3n) is 1.39. The molecule has 0 fully saturated rings. The van der Waals surface area contributed by atoms with E-state index in [1.807, 2.05) is 0 Å². The second kappa shape index (κ2) is 4.70. The molecule has 1 aromatic carbocycles. The first-order valence-electron chi connectivity index (χ1n) is 3.53. The second-order valence-corrected chi connectivity index (χ2v) is 2.97. The highest BCUT2D eigenvalue weighted by molar-refractivity contribution is 7.76. The number of nitrogens with one attached hydrogen (secondary N) is 1. The van der Waals surface area contributed by atoms with Gasteiger partial charge in [-0.25, -0.2) is 9.00 Å². The van der Waals surface area contributed by atoms with Gasteiger partial charge < -0.3 is 10.6 Å². The minimum Gasteiger partial charge on any atom is -0.398 e. The molecule has 0 heterocycles. The molecule has 0 amide bonds. The number of para-hydroxylation sites is 1. The highest BCUT2D eigenvalue weighted by Crippen LogP contribution is 2.10. The first-order chi connectivity index (χ1) is 6.61. The van der Waals surface area contributed by atoms with Gasteiger partial charge in [0.1, 0.15) is 0 Å². The van der Waals surface area contributed by atoms with Gasteiger partial charge in [0.2, 0.25) is 0 Å². The van der Waals surface area contributed by atoms with E-state index < -0.39 is 17.2 Å². The van der Waals surface area contributed by atoms with Crippen LogP contribution in [0.1, 0.15) is 10.4 Å². The second-order valence-electron chi connectivity index (χ2n) is 2.31. The van der Waals surface area contributed by atoms with Gasteiger partial charge in [-0.1, -0.05) is 12.1 Å². The van der Waals surface area contributed by atoms with Gasteiger partial charge in [0.15, 0.2) is 0 Å². The molecule has 0 saturated heterocycles. The maximum atomic E-state index is 11.2. The van der Waals surface area contributed by atoms with Crippen LogP contribution in [-0.2, 0) is 16.1 Å². The van der Waals surface area contributed by atoms with Crippen molar-refractivity contribution in [2.24, 2.45) is 0 Å². The molecule has 0 aromatic heterocycles. The van der Waals surface area contributed by atoms with Crippen LogP contribution in [0.2, 0.25) is 0 Å². The largest absolute Gasteiger partial charge is 0.398 e. The molecule has 0 aliphatic rings. The summed E-state index contributed by atoms with van der Waals surface area (Å²) in [4.78, 5) is 17.0. The molecule has 0 spiro atoms. The zero-order valence-corrected chi connectivity index (χ0v) is 7.78. The summed E-state index contributed by atoms with van der Waals surface area (Å²) in [7, 11) is 0. The Morgan fingerprint density at radius 2 is 2.14 bits per heavy atom. The number of anilines is 1. The van der Waals surface area contributed by atoms with Crippen LogP contribution < -0.4 is 10.6 Å². The van der Waals surface area contributed by atoms with Crippen LogP contribution in [0, 0.1) is 0 Å². The molecule has 0 saturated carbocycles. The van der Waals surface area contributed by atoms with Crippen LogP contribution in [0.25, 0.3) is 0 Å². The summed E-state index contributed by atoms with van der Waals surface area (Å²) >= 11 is -2.40. The zero-order chi connectivity index (χ0) is 10.6. The highest BCUT2D eigenvalue weighted by Gasteiger charge is 2.10. The van der Waals surface area contributed by atoms with E-state index in [0.29, 0.717) is 0 Å². The third-order valence-corrected chi connectivity index (χ3v) is 1.61. The van der Waals surface area contributed by atoms with Crippen LogP contribution in [-0.4, -0.2) is 14.7 Å². The van der Waals surface area contributed by atoms with Gasteiger partial charge in [-0.2, -0.15) is 0 Å². The van der Waals surface area contributed by atoms with Crippen molar-refractivity contribution in [2.45, 2.75) is 0 Å². The van der Waals surface area contributed by atoms with Gasteiger partial charge >= 0.3 is 5.97 Å². The standard InChI is InChI=1S/C7H8N2O4S/c8-6-4-2-1-3-5(6)7(10)13-9-14(11)12/h1-4,9H,8H2,(H,11,12). The van der Waals surface area contributed by atoms with Gasteiger partial charge in [0, 0.05) is 5.69 Å². The van der Waals surface area contributed by atoms with Crippen LogP contribution >= 0.6 is 0 Å². The monoisotopic (exact) mass is 216 g/mol. The fraction of sp³-hybridized carbons (Fsp3) is 0. The molecule has 0 aliphatic carbocycles. The Labute approximate surface area is 82.4 Å².